The van der Waals surface area contributed by atoms with E-state index in [-0.39, 0.29) is 6.61 Å². The molecule has 0 bridgehead atoms. The number of anilines is 1. The maximum atomic E-state index is 10.5. The molecule has 0 amide bonds. The molecule has 3 heterocycles. The number of nitrogens with zero attached hydrogens (tertiary/aromatic N) is 4. The molecule has 8 heteroatoms. The van der Waals surface area contributed by atoms with Crippen molar-refractivity contribution < 1.29 is 14.6 Å². The van der Waals surface area contributed by atoms with Crippen LogP contribution in [0, 0.1) is 0 Å². The second-order valence-electron chi connectivity index (χ2n) is 4.79. The average Bonchev–Trinajstić information content (AvgIpc) is 2.81. The number of H-pyrrole nitrogens is 1. The number of carboxylic acid groups (broad SMARTS) is 1. The topological polar surface area (TPSA) is 104 Å². The number of carbonyl (C=O) groups is 1. The molecule has 0 atom stereocenters. The van der Waals surface area contributed by atoms with Crippen LogP contribution in [0.3, 0.4) is 0 Å². The molecular weight excluding hydrogens is 250 g/mol. The molecule has 1 saturated heterocycles. The minimum Gasteiger partial charge on any atom is -0.480 e. The van der Waals surface area contributed by atoms with Crippen molar-refractivity contribution in [1.82, 2.24) is 19.9 Å². The summed E-state index contributed by atoms with van der Waals surface area (Å²) in [6.45, 7) is 2.78. The predicted molar refractivity (Wildman–Crippen MR) is 65.9 cm³/mol. The summed E-state index contributed by atoms with van der Waals surface area (Å²) in [4.78, 5) is 27.9. The molecule has 0 saturated carbocycles. The molecule has 19 heavy (non-hydrogen) atoms. The van der Waals surface area contributed by atoms with Crippen molar-refractivity contribution in [2.24, 2.45) is 0 Å². The summed E-state index contributed by atoms with van der Waals surface area (Å²) >= 11 is 0. The van der Waals surface area contributed by atoms with Crippen molar-refractivity contribution in [2.75, 3.05) is 24.6 Å². The van der Waals surface area contributed by atoms with Crippen LogP contribution >= 0.6 is 0 Å². The minimum atomic E-state index is -0.960. The summed E-state index contributed by atoms with van der Waals surface area (Å²) in [5.41, 5.74) is 0.947. The van der Waals surface area contributed by atoms with Gasteiger partial charge in [-0.1, -0.05) is 0 Å². The van der Waals surface area contributed by atoms with Crippen molar-refractivity contribution in [2.45, 2.75) is 12.5 Å². The molecule has 100 valence electrons. The fraction of sp³-hybridized carbons (Fsp3) is 0.455. The molecule has 0 aromatic carbocycles. The zero-order valence-corrected chi connectivity index (χ0v) is 10.3. The molecule has 2 N–H and O–H groups in total. The van der Waals surface area contributed by atoms with E-state index in [1.807, 2.05) is 11.8 Å². The van der Waals surface area contributed by atoms with Crippen LogP contribution in [0.25, 0.3) is 11.2 Å². The van der Waals surface area contributed by atoms with E-state index in [2.05, 4.69) is 19.9 Å². The highest BCUT2D eigenvalue weighted by molar-refractivity contribution is 5.83. The molecule has 1 aliphatic heterocycles. The lowest BCUT2D eigenvalue weighted by Crippen LogP contribution is -2.62. The first-order valence-electron chi connectivity index (χ1n) is 5.82. The Bertz CT molecular complexity index is 620. The van der Waals surface area contributed by atoms with Crippen molar-refractivity contribution >= 4 is 23.0 Å². The maximum absolute atomic E-state index is 10.5. The highest BCUT2D eigenvalue weighted by atomic mass is 16.5. The molecule has 1 fully saturated rings. The molecule has 2 aromatic heterocycles. The van der Waals surface area contributed by atoms with Crippen LogP contribution in [0.4, 0.5) is 5.82 Å². The number of carboxylic acids is 1. The highest BCUT2D eigenvalue weighted by Crippen LogP contribution is 2.31. The fourth-order valence-electron chi connectivity index (χ4n) is 2.23. The van der Waals surface area contributed by atoms with Crippen molar-refractivity contribution in [3.05, 3.63) is 12.7 Å². The number of rotatable bonds is 4. The molecule has 1 aliphatic rings. The second kappa shape index (κ2) is 4.16. The lowest BCUT2D eigenvalue weighted by atomic mass is 9.96. The van der Waals surface area contributed by atoms with Gasteiger partial charge >= 0.3 is 5.97 Å². The van der Waals surface area contributed by atoms with Gasteiger partial charge in [0.05, 0.1) is 19.4 Å². The van der Waals surface area contributed by atoms with Gasteiger partial charge in [0.1, 0.15) is 24.1 Å². The molecule has 2 aromatic rings. The Balaban J connectivity index is 1.73. The molecule has 0 aliphatic carbocycles. The zero-order chi connectivity index (χ0) is 13.5. The maximum Gasteiger partial charge on any atom is 0.329 e. The Morgan fingerprint density at radius 3 is 3.05 bits per heavy atom. The number of ether oxygens (including phenoxy) is 1. The van der Waals surface area contributed by atoms with E-state index < -0.39 is 11.6 Å². The van der Waals surface area contributed by atoms with Gasteiger partial charge in [0, 0.05) is 0 Å². The third kappa shape index (κ3) is 2.10. The van der Waals surface area contributed by atoms with E-state index in [0.717, 1.165) is 11.3 Å². The summed E-state index contributed by atoms with van der Waals surface area (Å²) in [7, 11) is 0. The number of aromatic nitrogens is 4. The van der Waals surface area contributed by atoms with E-state index in [9.17, 15) is 4.79 Å². The van der Waals surface area contributed by atoms with Crippen molar-refractivity contribution in [1.29, 1.82) is 0 Å². The van der Waals surface area contributed by atoms with Crippen LogP contribution in [0.2, 0.25) is 0 Å². The van der Waals surface area contributed by atoms with Crippen LogP contribution in [-0.4, -0.2) is 56.3 Å². The summed E-state index contributed by atoms with van der Waals surface area (Å²) in [5, 5.41) is 8.62. The van der Waals surface area contributed by atoms with Gasteiger partial charge in [0.2, 0.25) is 0 Å². The number of fused-ring (bicyclic) bond motifs is 1. The van der Waals surface area contributed by atoms with E-state index in [1.165, 1.54) is 6.33 Å². The Morgan fingerprint density at radius 2 is 2.32 bits per heavy atom. The number of nitrogens with one attached hydrogen (secondary N) is 1. The molecule has 8 nitrogen and oxygen atoms in total. The Kier molecular flexibility index (Phi) is 2.59. The fourth-order valence-corrected chi connectivity index (χ4v) is 2.23. The van der Waals surface area contributed by atoms with Crippen LogP contribution in [-0.2, 0) is 9.53 Å². The van der Waals surface area contributed by atoms with Gasteiger partial charge in [-0.05, 0) is 6.92 Å². The summed E-state index contributed by atoms with van der Waals surface area (Å²) in [6, 6.07) is 0. The Hall–Kier alpha value is -2.22. The van der Waals surface area contributed by atoms with Gasteiger partial charge in [-0.15, -0.1) is 0 Å². The van der Waals surface area contributed by atoms with Crippen LogP contribution in [0.15, 0.2) is 12.7 Å². The van der Waals surface area contributed by atoms with Gasteiger partial charge in [-0.2, -0.15) is 0 Å². The quantitative estimate of drug-likeness (QED) is 0.802. The summed E-state index contributed by atoms with van der Waals surface area (Å²) in [6.07, 6.45) is 3.04. The van der Waals surface area contributed by atoms with Crippen LogP contribution in [0.1, 0.15) is 6.92 Å². The van der Waals surface area contributed by atoms with Crippen molar-refractivity contribution in [3.63, 3.8) is 0 Å². The number of hydrogen-bond donors (Lipinski definition) is 2. The smallest absolute Gasteiger partial charge is 0.329 e. The molecule has 0 unspecified atom stereocenters. The number of aromatic amines is 1. The van der Waals surface area contributed by atoms with Gasteiger partial charge in [0.15, 0.2) is 11.5 Å². The zero-order valence-electron chi connectivity index (χ0n) is 10.3. The summed E-state index contributed by atoms with van der Waals surface area (Å²) < 4.78 is 5.36. The lowest BCUT2D eigenvalue weighted by Gasteiger charge is -2.47. The standard InChI is InChI=1S/C11H13N5O3/c1-11(19-2-7(17)18)3-16(4-11)10-8-9(13-5-12-8)14-6-15-10/h5-6H,2-4H2,1H3,(H,17,18)(H,12,13,14,15). The van der Waals surface area contributed by atoms with Crippen LogP contribution < -0.4 is 4.90 Å². The van der Waals surface area contributed by atoms with Crippen molar-refractivity contribution in [3.8, 4) is 0 Å². The number of aliphatic carboxylic acids is 1. The number of hydrogen-bond acceptors (Lipinski definition) is 6. The normalized spacial score (nSPS) is 17.4. The molecular formula is C11H13N5O3. The van der Waals surface area contributed by atoms with Gasteiger partial charge in [-0.25, -0.2) is 19.7 Å². The first-order valence-corrected chi connectivity index (χ1v) is 5.82. The molecule has 0 spiro atoms. The van der Waals surface area contributed by atoms with E-state index in [0.29, 0.717) is 18.7 Å². The number of imidazole rings is 1. The Morgan fingerprint density at radius 1 is 1.53 bits per heavy atom. The minimum absolute atomic E-state index is 0.284. The average molecular weight is 263 g/mol. The van der Waals surface area contributed by atoms with E-state index in [4.69, 9.17) is 9.84 Å². The lowest BCUT2D eigenvalue weighted by molar-refractivity contribution is -0.150. The first-order chi connectivity index (χ1) is 9.07. The third-order valence-electron chi connectivity index (χ3n) is 3.10. The second-order valence-corrected chi connectivity index (χ2v) is 4.79. The highest BCUT2D eigenvalue weighted by Gasteiger charge is 2.41. The third-order valence-corrected chi connectivity index (χ3v) is 3.10. The monoisotopic (exact) mass is 263 g/mol. The summed E-state index contributed by atoms with van der Waals surface area (Å²) in [5.74, 6) is -0.198. The first kappa shape index (κ1) is 11.8. The van der Waals surface area contributed by atoms with Gasteiger partial charge in [0.25, 0.3) is 0 Å². The van der Waals surface area contributed by atoms with Gasteiger partial charge < -0.3 is 19.7 Å². The SMILES string of the molecule is CC1(OCC(=O)O)CN(c2ncnc3nc[nH]c23)C1. The van der Waals surface area contributed by atoms with E-state index >= 15 is 0 Å². The Labute approximate surface area is 108 Å². The van der Waals surface area contributed by atoms with E-state index in [1.54, 1.807) is 6.33 Å². The van der Waals surface area contributed by atoms with Gasteiger partial charge in [-0.3, -0.25) is 0 Å². The predicted octanol–water partition coefficient (Wildman–Crippen LogP) is 0.0328. The molecule has 3 rings (SSSR count). The molecule has 0 radical (unpaired) electrons. The largest absolute Gasteiger partial charge is 0.480 e. The van der Waals surface area contributed by atoms with Crippen LogP contribution in [0.5, 0.6) is 0 Å².